The van der Waals surface area contributed by atoms with Crippen LogP contribution in [-0.2, 0) is 0 Å². The number of anilines is 2. The third-order valence-corrected chi connectivity index (χ3v) is 3.15. The van der Waals surface area contributed by atoms with Gasteiger partial charge in [0.25, 0.3) is 0 Å². The Bertz CT molecular complexity index is 538. The number of nitrogens with zero attached hydrogens (tertiary/aromatic N) is 2. The van der Waals surface area contributed by atoms with Gasteiger partial charge in [0.05, 0.1) is 17.3 Å². The standard InChI is InChI=1S/C13H17ClF3N3O2/c1-19(2)10-5-4-8(6-9(10)14)18-12(22)20(3)7-11(21)13(15,16)17/h4-6,11,21H,7H2,1-3H3,(H,18,22). The van der Waals surface area contributed by atoms with Crippen LogP contribution in [0.4, 0.5) is 29.3 Å². The number of nitrogens with one attached hydrogen (secondary N) is 1. The van der Waals surface area contributed by atoms with Gasteiger partial charge >= 0.3 is 12.2 Å². The number of aliphatic hydroxyl groups excluding tert-OH is 1. The van der Waals surface area contributed by atoms with Gasteiger partial charge in [-0.05, 0) is 18.2 Å². The number of urea groups is 1. The van der Waals surface area contributed by atoms with Crippen molar-refractivity contribution >= 4 is 29.0 Å². The van der Waals surface area contributed by atoms with Crippen molar-refractivity contribution in [2.24, 2.45) is 0 Å². The van der Waals surface area contributed by atoms with Gasteiger partial charge in [-0.1, -0.05) is 11.6 Å². The molecular weight excluding hydrogens is 323 g/mol. The third-order valence-electron chi connectivity index (χ3n) is 2.85. The zero-order valence-corrected chi connectivity index (χ0v) is 13.0. The van der Waals surface area contributed by atoms with Crippen LogP contribution in [0, 0.1) is 0 Å². The van der Waals surface area contributed by atoms with Crippen molar-refractivity contribution in [2.45, 2.75) is 12.3 Å². The topological polar surface area (TPSA) is 55.8 Å². The lowest BCUT2D eigenvalue weighted by atomic mass is 10.2. The molecule has 0 aliphatic rings. The van der Waals surface area contributed by atoms with Crippen molar-refractivity contribution in [1.82, 2.24) is 4.90 Å². The van der Waals surface area contributed by atoms with Gasteiger partial charge in [0.1, 0.15) is 0 Å². The van der Waals surface area contributed by atoms with E-state index >= 15 is 0 Å². The van der Waals surface area contributed by atoms with Gasteiger partial charge in [-0.15, -0.1) is 0 Å². The Morgan fingerprint density at radius 3 is 2.41 bits per heavy atom. The fraction of sp³-hybridized carbons (Fsp3) is 0.462. The molecule has 1 aromatic carbocycles. The first-order valence-electron chi connectivity index (χ1n) is 6.26. The van der Waals surface area contributed by atoms with Crippen LogP contribution >= 0.6 is 11.6 Å². The van der Waals surface area contributed by atoms with Gasteiger partial charge in [-0.25, -0.2) is 4.79 Å². The van der Waals surface area contributed by atoms with Crippen molar-refractivity contribution in [3.63, 3.8) is 0 Å². The predicted molar refractivity (Wildman–Crippen MR) is 79.5 cm³/mol. The molecule has 1 rings (SSSR count). The highest BCUT2D eigenvalue weighted by Crippen LogP contribution is 2.27. The highest BCUT2D eigenvalue weighted by Gasteiger charge is 2.39. The predicted octanol–water partition coefficient (Wildman–Crippen LogP) is 2.79. The SMILES string of the molecule is CN(CC(O)C(F)(F)F)C(=O)Nc1ccc(N(C)C)c(Cl)c1. The van der Waals surface area contributed by atoms with E-state index in [1.54, 1.807) is 31.1 Å². The van der Waals surface area contributed by atoms with Crippen LogP contribution in [0.5, 0.6) is 0 Å². The zero-order valence-electron chi connectivity index (χ0n) is 12.3. The molecule has 1 atom stereocenters. The van der Waals surface area contributed by atoms with Gasteiger partial charge in [0.15, 0.2) is 6.10 Å². The summed E-state index contributed by atoms with van der Waals surface area (Å²) in [5, 5.41) is 11.7. The summed E-state index contributed by atoms with van der Waals surface area (Å²) in [6.07, 6.45) is -7.37. The second-order valence-electron chi connectivity index (χ2n) is 4.93. The molecule has 1 unspecified atom stereocenters. The molecule has 0 fully saturated rings. The second kappa shape index (κ2) is 7.06. The molecule has 2 N–H and O–H groups in total. The van der Waals surface area contributed by atoms with E-state index < -0.39 is 24.9 Å². The largest absolute Gasteiger partial charge is 0.416 e. The second-order valence-corrected chi connectivity index (χ2v) is 5.34. The van der Waals surface area contributed by atoms with Gasteiger partial charge in [-0.3, -0.25) is 0 Å². The number of hydrogen-bond donors (Lipinski definition) is 2. The van der Waals surface area contributed by atoms with Crippen LogP contribution in [0.1, 0.15) is 0 Å². The molecular formula is C13H17ClF3N3O2. The Kier molecular flexibility index (Phi) is 5.90. The fourth-order valence-electron chi connectivity index (χ4n) is 1.61. The third kappa shape index (κ3) is 4.96. The number of hydrogen-bond acceptors (Lipinski definition) is 3. The van der Waals surface area contributed by atoms with Crippen molar-refractivity contribution in [3.05, 3.63) is 23.2 Å². The first-order valence-corrected chi connectivity index (χ1v) is 6.64. The maximum Gasteiger partial charge on any atom is 0.416 e. The summed E-state index contributed by atoms with van der Waals surface area (Å²) in [7, 11) is 4.75. The van der Waals surface area contributed by atoms with Crippen LogP contribution in [0.15, 0.2) is 18.2 Å². The molecule has 0 aliphatic heterocycles. The minimum absolute atomic E-state index is 0.342. The minimum atomic E-state index is -4.77. The number of aliphatic hydroxyl groups is 1. The molecule has 0 heterocycles. The highest BCUT2D eigenvalue weighted by molar-refractivity contribution is 6.33. The van der Waals surface area contributed by atoms with Gasteiger partial charge in [0, 0.05) is 26.8 Å². The summed E-state index contributed by atoms with van der Waals surface area (Å²) in [5.41, 5.74) is 1.08. The zero-order chi connectivity index (χ0) is 17.1. The van der Waals surface area contributed by atoms with Crippen LogP contribution in [-0.4, -0.2) is 56.0 Å². The minimum Gasteiger partial charge on any atom is -0.382 e. The number of carbonyl (C=O) groups is 1. The molecule has 0 aromatic heterocycles. The Morgan fingerprint density at radius 2 is 1.95 bits per heavy atom. The van der Waals surface area contributed by atoms with Crippen molar-refractivity contribution in [3.8, 4) is 0 Å². The van der Waals surface area contributed by atoms with Crippen molar-refractivity contribution in [1.29, 1.82) is 0 Å². The smallest absolute Gasteiger partial charge is 0.382 e. The maximum atomic E-state index is 12.2. The Labute approximate surface area is 131 Å². The van der Waals surface area contributed by atoms with Crippen LogP contribution in [0.2, 0.25) is 5.02 Å². The van der Waals surface area contributed by atoms with E-state index in [1.807, 2.05) is 0 Å². The van der Waals surface area contributed by atoms with E-state index in [2.05, 4.69) is 5.32 Å². The number of alkyl halides is 3. The Balaban J connectivity index is 2.70. The molecule has 0 spiro atoms. The number of likely N-dealkylation sites (N-methyl/N-ethyl adjacent to an activating group) is 1. The first-order chi connectivity index (χ1) is 10.0. The average molecular weight is 340 g/mol. The summed E-state index contributed by atoms with van der Waals surface area (Å²) >= 11 is 6.04. The summed E-state index contributed by atoms with van der Waals surface area (Å²) < 4.78 is 36.7. The molecule has 2 amide bonds. The molecule has 0 bridgehead atoms. The van der Waals surface area contributed by atoms with Gasteiger partial charge in [0.2, 0.25) is 0 Å². The number of benzene rings is 1. The lowest BCUT2D eigenvalue weighted by Gasteiger charge is -2.23. The van der Waals surface area contributed by atoms with Gasteiger partial charge in [-0.2, -0.15) is 13.2 Å². The summed E-state index contributed by atoms with van der Waals surface area (Å²) in [5.74, 6) is 0. The van der Waals surface area contributed by atoms with E-state index in [4.69, 9.17) is 16.7 Å². The molecule has 0 saturated heterocycles. The number of amides is 2. The highest BCUT2D eigenvalue weighted by atomic mass is 35.5. The average Bonchev–Trinajstić information content (AvgIpc) is 2.36. The summed E-state index contributed by atoms with van der Waals surface area (Å²) in [6.45, 7) is -0.862. The van der Waals surface area contributed by atoms with Crippen molar-refractivity contribution in [2.75, 3.05) is 37.9 Å². The number of carbonyl (C=O) groups excluding carboxylic acids is 1. The molecule has 0 saturated carbocycles. The monoisotopic (exact) mass is 339 g/mol. The Hall–Kier alpha value is -1.67. The van der Waals surface area contributed by atoms with Crippen LogP contribution < -0.4 is 10.2 Å². The number of rotatable bonds is 4. The molecule has 5 nitrogen and oxygen atoms in total. The van der Waals surface area contributed by atoms with E-state index in [1.165, 1.54) is 6.07 Å². The number of halogens is 4. The lowest BCUT2D eigenvalue weighted by molar-refractivity contribution is -0.205. The molecule has 0 radical (unpaired) electrons. The molecule has 0 aliphatic carbocycles. The fourth-order valence-corrected chi connectivity index (χ4v) is 1.96. The van der Waals surface area contributed by atoms with E-state index in [-0.39, 0.29) is 0 Å². The lowest BCUT2D eigenvalue weighted by Crippen LogP contribution is -2.43. The molecule has 124 valence electrons. The summed E-state index contributed by atoms with van der Waals surface area (Å²) in [4.78, 5) is 14.3. The molecule has 9 heteroatoms. The van der Waals surface area contributed by atoms with Crippen molar-refractivity contribution < 1.29 is 23.1 Å². The molecule has 22 heavy (non-hydrogen) atoms. The van der Waals surface area contributed by atoms with Crippen LogP contribution in [0.25, 0.3) is 0 Å². The maximum absolute atomic E-state index is 12.2. The summed E-state index contributed by atoms with van der Waals surface area (Å²) in [6, 6.07) is 3.95. The van der Waals surface area contributed by atoms with E-state index in [0.29, 0.717) is 10.7 Å². The van der Waals surface area contributed by atoms with E-state index in [0.717, 1.165) is 17.6 Å². The normalized spacial score (nSPS) is 12.7. The Morgan fingerprint density at radius 1 is 1.36 bits per heavy atom. The molecule has 1 aromatic rings. The van der Waals surface area contributed by atoms with E-state index in [9.17, 15) is 18.0 Å². The quantitative estimate of drug-likeness (QED) is 0.887. The van der Waals surface area contributed by atoms with Crippen LogP contribution in [0.3, 0.4) is 0 Å². The first kappa shape index (κ1) is 18.4. The van der Waals surface area contributed by atoms with Gasteiger partial charge < -0.3 is 20.2 Å².